The molecule has 0 fully saturated rings. The van der Waals surface area contributed by atoms with Gasteiger partial charge in [0.25, 0.3) is 15.9 Å². The summed E-state index contributed by atoms with van der Waals surface area (Å²) in [6.45, 7) is 1.43. The van der Waals surface area contributed by atoms with Gasteiger partial charge in [-0.1, -0.05) is 6.07 Å². The lowest BCUT2D eigenvalue weighted by atomic mass is 10.2. The number of ether oxygens (including phenoxy) is 1. The van der Waals surface area contributed by atoms with Crippen LogP contribution >= 0.6 is 0 Å². The van der Waals surface area contributed by atoms with E-state index >= 15 is 0 Å². The van der Waals surface area contributed by atoms with E-state index in [1.807, 2.05) is 0 Å². The first-order valence-corrected chi connectivity index (χ1v) is 10.6. The van der Waals surface area contributed by atoms with E-state index < -0.39 is 28.0 Å². The summed E-state index contributed by atoms with van der Waals surface area (Å²) >= 11 is 0. The van der Waals surface area contributed by atoms with Gasteiger partial charge in [0.15, 0.2) is 6.10 Å². The third kappa shape index (κ3) is 5.80. The highest BCUT2D eigenvalue weighted by Gasteiger charge is 2.20. The predicted octanol–water partition coefficient (Wildman–Crippen LogP) is 2.65. The maximum absolute atomic E-state index is 12.4. The van der Waals surface area contributed by atoms with E-state index in [2.05, 4.69) is 15.0 Å². The highest BCUT2D eigenvalue weighted by atomic mass is 32.2. The van der Waals surface area contributed by atoms with E-state index in [0.717, 1.165) is 0 Å². The molecule has 0 aliphatic rings. The fourth-order valence-corrected chi connectivity index (χ4v) is 3.49. The lowest BCUT2D eigenvalue weighted by Crippen LogP contribution is -2.30. The minimum atomic E-state index is -3.83. The van der Waals surface area contributed by atoms with E-state index in [0.29, 0.717) is 11.4 Å². The molecule has 31 heavy (non-hydrogen) atoms. The second-order valence-electron chi connectivity index (χ2n) is 6.50. The van der Waals surface area contributed by atoms with Crippen molar-refractivity contribution in [3.63, 3.8) is 0 Å². The molecule has 0 radical (unpaired) electrons. The summed E-state index contributed by atoms with van der Waals surface area (Å²) in [7, 11) is -3.83. The summed E-state index contributed by atoms with van der Waals surface area (Å²) in [6.07, 6.45) is 0.400. The van der Waals surface area contributed by atoms with Gasteiger partial charge in [-0.05, 0) is 67.6 Å². The minimum Gasteiger partial charge on any atom is -0.449 e. The molecule has 9 nitrogen and oxygen atoms in total. The molecule has 1 atom stereocenters. The van der Waals surface area contributed by atoms with Crippen LogP contribution in [0.3, 0.4) is 0 Å². The number of hydrogen-bond donors (Lipinski definition) is 3. The standard InChI is InChI=1S/C21H20N4O5S/c1-14(30-21(27)15-5-7-16(22)8-6-15)20(26)24-17-9-11-18(12-10-17)31(28,29)25-19-4-2-3-13-23-19/h2-14H,22H2,1H3,(H,23,25)(H,24,26). The Kier molecular flexibility index (Phi) is 6.51. The Morgan fingerprint density at radius 1 is 1.00 bits per heavy atom. The molecule has 10 heteroatoms. The Hall–Kier alpha value is -3.92. The third-order valence-electron chi connectivity index (χ3n) is 4.14. The summed E-state index contributed by atoms with van der Waals surface area (Å²) < 4.78 is 32.3. The lowest BCUT2D eigenvalue weighted by Gasteiger charge is -2.14. The number of carbonyl (C=O) groups is 2. The summed E-state index contributed by atoms with van der Waals surface area (Å²) in [5, 5.41) is 2.57. The maximum Gasteiger partial charge on any atom is 0.338 e. The predicted molar refractivity (Wildman–Crippen MR) is 116 cm³/mol. The molecule has 3 rings (SSSR count). The van der Waals surface area contributed by atoms with Crippen molar-refractivity contribution in [3.8, 4) is 0 Å². The van der Waals surface area contributed by atoms with Gasteiger partial charge in [-0.15, -0.1) is 0 Å². The number of nitrogen functional groups attached to an aromatic ring is 1. The number of aromatic nitrogens is 1. The number of sulfonamides is 1. The summed E-state index contributed by atoms with van der Waals surface area (Å²) in [5.41, 5.74) is 6.69. The third-order valence-corrected chi connectivity index (χ3v) is 5.51. The van der Waals surface area contributed by atoms with Crippen molar-refractivity contribution in [3.05, 3.63) is 78.5 Å². The van der Waals surface area contributed by atoms with Crippen LogP contribution in [0.5, 0.6) is 0 Å². The number of esters is 1. The summed E-state index contributed by atoms with van der Waals surface area (Å²) in [6, 6.07) is 16.5. The molecule has 0 spiro atoms. The number of benzene rings is 2. The van der Waals surface area contributed by atoms with Gasteiger partial charge < -0.3 is 15.8 Å². The molecular formula is C21H20N4O5S. The van der Waals surface area contributed by atoms with E-state index in [1.165, 1.54) is 55.6 Å². The van der Waals surface area contributed by atoms with Crippen molar-refractivity contribution in [2.24, 2.45) is 0 Å². The van der Waals surface area contributed by atoms with Gasteiger partial charge in [0.1, 0.15) is 5.82 Å². The van der Waals surface area contributed by atoms with Gasteiger partial charge in [-0.3, -0.25) is 9.52 Å². The molecule has 1 unspecified atom stereocenters. The molecule has 2 aromatic carbocycles. The number of nitrogens with two attached hydrogens (primary N) is 1. The molecule has 1 aromatic heterocycles. The fraction of sp³-hybridized carbons (Fsp3) is 0.0952. The van der Waals surface area contributed by atoms with Gasteiger partial charge in [0.2, 0.25) is 0 Å². The molecule has 0 aliphatic carbocycles. The van der Waals surface area contributed by atoms with Gasteiger partial charge >= 0.3 is 5.97 Å². The first kappa shape index (κ1) is 21.8. The van der Waals surface area contributed by atoms with Crippen LogP contribution in [-0.4, -0.2) is 31.4 Å². The van der Waals surface area contributed by atoms with E-state index in [9.17, 15) is 18.0 Å². The molecule has 1 amide bonds. The van der Waals surface area contributed by atoms with Crippen LogP contribution in [-0.2, 0) is 19.6 Å². The fourth-order valence-electron chi connectivity index (χ4n) is 2.48. The van der Waals surface area contributed by atoms with Crippen LogP contribution in [0.1, 0.15) is 17.3 Å². The number of hydrogen-bond acceptors (Lipinski definition) is 7. The average molecular weight is 440 g/mol. The van der Waals surface area contributed by atoms with E-state index in [-0.39, 0.29) is 16.3 Å². The Balaban J connectivity index is 1.60. The maximum atomic E-state index is 12.4. The zero-order valence-electron chi connectivity index (χ0n) is 16.5. The van der Waals surface area contributed by atoms with Crippen molar-refractivity contribution < 1.29 is 22.7 Å². The second kappa shape index (κ2) is 9.26. The number of carbonyl (C=O) groups excluding carboxylic acids is 2. The number of amides is 1. The lowest BCUT2D eigenvalue weighted by molar-refractivity contribution is -0.123. The van der Waals surface area contributed by atoms with Gasteiger partial charge in [-0.2, -0.15) is 0 Å². The smallest absolute Gasteiger partial charge is 0.338 e. The second-order valence-corrected chi connectivity index (χ2v) is 8.19. The van der Waals surface area contributed by atoms with Crippen LogP contribution in [0.15, 0.2) is 77.8 Å². The Bertz CT molecular complexity index is 1160. The van der Waals surface area contributed by atoms with E-state index in [1.54, 1.807) is 24.3 Å². The van der Waals surface area contributed by atoms with Crippen molar-refractivity contribution in [2.45, 2.75) is 17.9 Å². The van der Waals surface area contributed by atoms with Crippen molar-refractivity contribution >= 4 is 39.1 Å². The van der Waals surface area contributed by atoms with Crippen molar-refractivity contribution in [2.75, 3.05) is 15.8 Å². The van der Waals surface area contributed by atoms with Crippen molar-refractivity contribution in [1.82, 2.24) is 4.98 Å². The van der Waals surface area contributed by atoms with Gasteiger partial charge in [-0.25, -0.2) is 18.2 Å². The summed E-state index contributed by atoms with van der Waals surface area (Å²) in [5.74, 6) is -1.03. The molecule has 4 N–H and O–H groups in total. The zero-order chi connectivity index (χ0) is 22.4. The highest BCUT2D eigenvalue weighted by Crippen LogP contribution is 2.17. The van der Waals surface area contributed by atoms with Crippen LogP contribution < -0.4 is 15.8 Å². The average Bonchev–Trinajstić information content (AvgIpc) is 2.75. The number of anilines is 3. The zero-order valence-corrected chi connectivity index (χ0v) is 17.3. The first-order chi connectivity index (χ1) is 14.7. The molecule has 0 aliphatic heterocycles. The number of nitrogens with zero attached hydrogens (tertiary/aromatic N) is 1. The minimum absolute atomic E-state index is 0.000945. The van der Waals surface area contributed by atoms with E-state index in [4.69, 9.17) is 10.5 Å². The van der Waals surface area contributed by atoms with Gasteiger partial charge in [0.05, 0.1) is 10.5 Å². The highest BCUT2D eigenvalue weighted by molar-refractivity contribution is 7.92. The van der Waals surface area contributed by atoms with Crippen LogP contribution in [0, 0.1) is 0 Å². The van der Waals surface area contributed by atoms with Crippen LogP contribution in [0.4, 0.5) is 17.2 Å². The number of nitrogens with one attached hydrogen (secondary N) is 2. The Morgan fingerprint density at radius 2 is 1.68 bits per heavy atom. The number of pyridine rings is 1. The molecule has 160 valence electrons. The molecule has 0 saturated carbocycles. The largest absolute Gasteiger partial charge is 0.449 e. The molecule has 1 heterocycles. The monoisotopic (exact) mass is 440 g/mol. The quantitative estimate of drug-likeness (QED) is 0.379. The van der Waals surface area contributed by atoms with Crippen molar-refractivity contribution in [1.29, 1.82) is 0 Å². The normalized spacial score (nSPS) is 11.9. The molecule has 0 saturated heterocycles. The Labute approximate surface area is 179 Å². The number of rotatable bonds is 7. The first-order valence-electron chi connectivity index (χ1n) is 9.16. The summed E-state index contributed by atoms with van der Waals surface area (Å²) in [4.78, 5) is 28.3. The molecule has 0 bridgehead atoms. The molecular weight excluding hydrogens is 420 g/mol. The van der Waals surface area contributed by atoms with Gasteiger partial charge in [0, 0.05) is 17.6 Å². The van der Waals surface area contributed by atoms with Crippen LogP contribution in [0.2, 0.25) is 0 Å². The Morgan fingerprint density at radius 3 is 2.29 bits per heavy atom. The topological polar surface area (TPSA) is 140 Å². The SMILES string of the molecule is CC(OC(=O)c1ccc(N)cc1)C(=O)Nc1ccc(S(=O)(=O)Nc2ccccn2)cc1. The van der Waals surface area contributed by atoms with Crippen LogP contribution in [0.25, 0.3) is 0 Å². The molecule has 3 aromatic rings.